The average Bonchev–Trinajstić information content (AvgIpc) is 2.21. The van der Waals surface area contributed by atoms with Crippen molar-refractivity contribution in [3.05, 3.63) is 35.4 Å². The van der Waals surface area contributed by atoms with Crippen molar-refractivity contribution in [2.24, 2.45) is 0 Å². The zero-order chi connectivity index (χ0) is 10.4. The highest BCUT2D eigenvalue weighted by Gasteiger charge is 2.01. The number of carbonyl (C=O) groups excluding carboxylic acids is 1. The van der Waals surface area contributed by atoms with E-state index in [2.05, 4.69) is 24.7 Å². The molecule has 0 N–H and O–H groups in total. The third-order valence-electron chi connectivity index (χ3n) is 2.14. The largest absolute Gasteiger partial charge is 0.469 e. The van der Waals surface area contributed by atoms with E-state index in [-0.39, 0.29) is 5.97 Å². The molecule has 0 unspecified atom stereocenters. The molecule has 0 aliphatic carbocycles. The van der Waals surface area contributed by atoms with Gasteiger partial charge in [-0.15, -0.1) is 0 Å². The van der Waals surface area contributed by atoms with E-state index in [9.17, 15) is 4.79 Å². The second-order valence-electron chi connectivity index (χ2n) is 3.32. The first kappa shape index (κ1) is 10.8. The van der Waals surface area contributed by atoms with Crippen LogP contribution in [0.25, 0.3) is 0 Å². The Labute approximate surface area is 85.7 Å². The first-order valence-electron chi connectivity index (χ1n) is 4.91. The molecule has 0 heterocycles. The molecule has 0 fully saturated rings. The molecule has 0 atom stereocenters. The summed E-state index contributed by atoms with van der Waals surface area (Å²) >= 11 is 0. The molecule has 0 saturated heterocycles. The van der Waals surface area contributed by atoms with Crippen LogP contribution in [0.1, 0.15) is 11.1 Å². The molecule has 1 aromatic rings. The molecular weight excluding hydrogens is 175 g/mol. The van der Waals surface area contributed by atoms with Crippen LogP contribution in [-0.2, 0) is 22.4 Å². The summed E-state index contributed by atoms with van der Waals surface area (Å²) in [6, 6.07) is 8.12. The van der Waals surface area contributed by atoms with Crippen LogP contribution in [0.4, 0.5) is 0 Å². The van der Waals surface area contributed by atoms with Gasteiger partial charge in [0.1, 0.15) is 7.85 Å². The number of carbonyl (C=O) groups is 1. The molecule has 74 valence electrons. The Balaban J connectivity index is 2.59. The highest BCUT2D eigenvalue weighted by molar-refractivity contribution is 6.08. The number of hydrogen-bond donors (Lipinski definition) is 0. The average molecular weight is 190 g/mol. The van der Waals surface area contributed by atoms with E-state index in [1.807, 2.05) is 12.1 Å². The van der Waals surface area contributed by atoms with Crippen LogP contribution >= 0.6 is 0 Å². The molecule has 0 aliphatic heterocycles. The number of esters is 1. The summed E-state index contributed by atoms with van der Waals surface area (Å²) in [5.41, 5.74) is 2.33. The molecule has 14 heavy (non-hydrogen) atoms. The summed E-state index contributed by atoms with van der Waals surface area (Å²) in [6.07, 6.45) is 2.61. The molecule has 0 bridgehead atoms. The minimum Gasteiger partial charge on any atom is -0.469 e. The number of rotatable bonds is 4. The standard InChI is InChI=1S/C11H15BO2/c1-14-11(13)8-10-4-2-9(3-5-10)6-7-12/h2-5H,6-8,12H2,1H3. The van der Waals surface area contributed by atoms with Crippen LogP contribution in [0, 0.1) is 0 Å². The van der Waals surface area contributed by atoms with E-state index in [4.69, 9.17) is 0 Å². The number of hydrogen-bond acceptors (Lipinski definition) is 2. The predicted octanol–water partition coefficient (Wildman–Crippen LogP) is 0.996. The molecular formula is C11H15BO2. The number of methoxy groups -OCH3 is 1. The Bertz CT molecular complexity index is 293. The van der Waals surface area contributed by atoms with Gasteiger partial charge in [-0.05, 0) is 17.5 Å². The van der Waals surface area contributed by atoms with Crippen molar-refractivity contribution in [3.8, 4) is 0 Å². The highest BCUT2D eigenvalue weighted by Crippen LogP contribution is 2.07. The van der Waals surface area contributed by atoms with Gasteiger partial charge in [0, 0.05) is 0 Å². The van der Waals surface area contributed by atoms with Crippen molar-refractivity contribution in [3.63, 3.8) is 0 Å². The molecule has 2 nitrogen and oxygen atoms in total. The first-order chi connectivity index (χ1) is 6.76. The Morgan fingerprint density at radius 1 is 1.29 bits per heavy atom. The molecule has 1 aromatic carbocycles. The summed E-state index contributed by atoms with van der Waals surface area (Å²) in [6.45, 7) is 0. The van der Waals surface area contributed by atoms with E-state index >= 15 is 0 Å². The smallest absolute Gasteiger partial charge is 0.309 e. The van der Waals surface area contributed by atoms with Crippen molar-refractivity contribution >= 4 is 13.8 Å². The van der Waals surface area contributed by atoms with Crippen molar-refractivity contribution in [1.82, 2.24) is 0 Å². The van der Waals surface area contributed by atoms with Gasteiger partial charge < -0.3 is 4.74 Å². The molecule has 0 aromatic heterocycles. The summed E-state index contributed by atoms with van der Waals surface area (Å²) in [4.78, 5) is 11.0. The van der Waals surface area contributed by atoms with Crippen molar-refractivity contribution in [2.75, 3.05) is 7.11 Å². The fraction of sp³-hybridized carbons (Fsp3) is 0.364. The quantitative estimate of drug-likeness (QED) is 0.522. The molecule has 1 rings (SSSR count). The number of benzene rings is 1. The molecule has 0 aliphatic rings. The van der Waals surface area contributed by atoms with Crippen LogP contribution in [0.5, 0.6) is 0 Å². The van der Waals surface area contributed by atoms with Crippen LogP contribution < -0.4 is 0 Å². The Morgan fingerprint density at radius 2 is 1.86 bits per heavy atom. The van der Waals surface area contributed by atoms with E-state index in [0.29, 0.717) is 6.42 Å². The van der Waals surface area contributed by atoms with E-state index in [0.717, 1.165) is 18.3 Å². The second kappa shape index (κ2) is 5.48. The number of ether oxygens (including phenoxy) is 1. The zero-order valence-electron chi connectivity index (χ0n) is 8.75. The van der Waals surface area contributed by atoms with Crippen LogP contribution in [-0.4, -0.2) is 20.9 Å². The van der Waals surface area contributed by atoms with E-state index in [1.54, 1.807) is 0 Å². The van der Waals surface area contributed by atoms with Crippen molar-refractivity contribution < 1.29 is 9.53 Å². The first-order valence-corrected chi connectivity index (χ1v) is 4.91. The van der Waals surface area contributed by atoms with Crippen LogP contribution in [0.3, 0.4) is 0 Å². The third-order valence-corrected chi connectivity index (χ3v) is 2.14. The van der Waals surface area contributed by atoms with Gasteiger partial charge in [-0.1, -0.05) is 30.6 Å². The van der Waals surface area contributed by atoms with Gasteiger partial charge in [0.2, 0.25) is 0 Å². The summed E-state index contributed by atoms with van der Waals surface area (Å²) in [5, 5.41) is 0. The fourth-order valence-corrected chi connectivity index (χ4v) is 1.35. The maximum absolute atomic E-state index is 11.0. The predicted molar refractivity (Wildman–Crippen MR) is 59.2 cm³/mol. The van der Waals surface area contributed by atoms with Gasteiger partial charge in [0.15, 0.2) is 0 Å². The molecule has 3 heteroatoms. The van der Waals surface area contributed by atoms with Crippen molar-refractivity contribution in [1.29, 1.82) is 0 Å². The summed E-state index contributed by atoms with van der Waals surface area (Å²) in [5.74, 6) is -0.187. The van der Waals surface area contributed by atoms with E-state index < -0.39 is 0 Å². The van der Waals surface area contributed by atoms with Gasteiger partial charge >= 0.3 is 5.97 Å². The van der Waals surface area contributed by atoms with Gasteiger partial charge in [0.25, 0.3) is 0 Å². The van der Waals surface area contributed by atoms with Crippen LogP contribution in [0.2, 0.25) is 6.32 Å². The maximum atomic E-state index is 11.0. The zero-order valence-corrected chi connectivity index (χ0v) is 8.75. The maximum Gasteiger partial charge on any atom is 0.309 e. The fourth-order valence-electron chi connectivity index (χ4n) is 1.35. The minimum atomic E-state index is -0.187. The Hall–Kier alpha value is -1.25. The highest BCUT2D eigenvalue weighted by atomic mass is 16.5. The lowest BCUT2D eigenvalue weighted by Crippen LogP contribution is -2.04. The molecule has 0 spiro atoms. The normalized spacial score (nSPS) is 9.79. The lowest BCUT2D eigenvalue weighted by Gasteiger charge is -2.02. The third kappa shape index (κ3) is 3.25. The minimum absolute atomic E-state index is 0.187. The molecule has 0 amide bonds. The SMILES string of the molecule is BCCc1ccc(CC(=O)OC)cc1. The van der Waals surface area contributed by atoms with Crippen LogP contribution in [0.15, 0.2) is 24.3 Å². The summed E-state index contributed by atoms with van der Waals surface area (Å²) in [7, 11) is 3.57. The molecule has 0 radical (unpaired) electrons. The lowest BCUT2D eigenvalue weighted by molar-refractivity contribution is -0.139. The van der Waals surface area contributed by atoms with Gasteiger partial charge in [0.05, 0.1) is 13.5 Å². The Kier molecular flexibility index (Phi) is 4.24. The van der Waals surface area contributed by atoms with Gasteiger partial charge in [-0.2, -0.15) is 0 Å². The Morgan fingerprint density at radius 3 is 2.36 bits per heavy atom. The van der Waals surface area contributed by atoms with E-state index in [1.165, 1.54) is 12.7 Å². The second-order valence-corrected chi connectivity index (χ2v) is 3.32. The lowest BCUT2D eigenvalue weighted by atomic mass is 9.96. The molecule has 0 saturated carbocycles. The monoisotopic (exact) mass is 190 g/mol. The van der Waals surface area contributed by atoms with Gasteiger partial charge in [-0.3, -0.25) is 4.79 Å². The topological polar surface area (TPSA) is 26.3 Å². The van der Waals surface area contributed by atoms with Crippen molar-refractivity contribution in [2.45, 2.75) is 19.2 Å². The summed E-state index contributed by atoms with van der Waals surface area (Å²) < 4.78 is 4.59. The van der Waals surface area contributed by atoms with Gasteiger partial charge in [-0.25, -0.2) is 0 Å². The number of aryl methyl sites for hydroxylation is 1.